The van der Waals surface area contributed by atoms with E-state index in [1.807, 2.05) is 30.3 Å². The number of fused-ring (bicyclic) bond motifs is 1. The molecule has 2 aliphatic rings. The summed E-state index contributed by atoms with van der Waals surface area (Å²) < 4.78 is 5.08. The van der Waals surface area contributed by atoms with Gasteiger partial charge in [-0.25, -0.2) is 9.59 Å². The monoisotopic (exact) mass is 764 g/mol. The second-order valence-electron chi connectivity index (χ2n) is 14.2. The average Bonchev–Trinajstić information content (AvgIpc) is 3.57. The van der Waals surface area contributed by atoms with Crippen molar-refractivity contribution >= 4 is 41.5 Å². The maximum absolute atomic E-state index is 14.3. The molecule has 6 N–H and O–H groups in total. The molecule has 0 radical (unpaired) electrons. The van der Waals surface area contributed by atoms with Crippen LogP contribution >= 0.6 is 0 Å². The molecule has 2 aliphatic heterocycles. The summed E-state index contributed by atoms with van der Waals surface area (Å²) in [5.74, 6) is -5.01. The minimum absolute atomic E-state index is 0.0346. The van der Waals surface area contributed by atoms with Gasteiger partial charge < -0.3 is 41.1 Å². The number of carbonyl (C=O) groups is 7. The summed E-state index contributed by atoms with van der Waals surface area (Å²) in [6, 6.07) is 11.9. The summed E-state index contributed by atoms with van der Waals surface area (Å²) in [5.41, 5.74) is 1.58. The van der Waals surface area contributed by atoms with E-state index in [4.69, 9.17) is 14.9 Å². The van der Waals surface area contributed by atoms with Gasteiger partial charge in [0.1, 0.15) is 23.9 Å². The first-order valence-electron chi connectivity index (χ1n) is 18.6. The first-order chi connectivity index (χ1) is 26.2. The van der Waals surface area contributed by atoms with Gasteiger partial charge in [0.25, 0.3) is 6.10 Å². The number of ether oxygens (including phenoxy) is 1. The van der Waals surface area contributed by atoms with Crippen LogP contribution in [0, 0.1) is 0 Å². The molecule has 4 rings (SSSR count). The molecule has 0 spiro atoms. The van der Waals surface area contributed by atoms with Crippen molar-refractivity contribution in [2.75, 3.05) is 20.6 Å². The second-order valence-corrected chi connectivity index (χ2v) is 14.2. The Morgan fingerprint density at radius 1 is 0.855 bits per heavy atom. The highest BCUT2D eigenvalue weighted by Gasteiger charge is 2.45. The highest BCUT2D eigenvalue weighted by Crippen LogP contribution is 2.32. The van der Waals surface area contributed by atoms with Gasteiger partial charge in [0, 0.05) is 26.1 Å². The van der Waals surface area contributed by atoms with Gasteiger partial charge in [-0.3, -0.25) is 28.9 Å². The van der Waals surface area contributed by atoms with Crippen molar-refractivity contribution < 1.29 is 48.5 Å². The van der Waals surface area contributed by atoms with Gasteiger partial charge in [-0.2, -0.15) is 0 Å². The number of amides is 5. The smallest absolute Gasteiger partial charge is 0.356 e. The van der Waals surface area contributed by atoms with Crippen LogP contribution in [0.1, 0.15) is 69.4 Å². The van der Waals surface area contributed by atoms with Crippen LogP contribution in [0.4, 0.5) is 0 Å². The number of carboxylic acid groups (broad SMARTS) is 2. The fourth-order valence-corrected chi connectivity index (χ4v) is 6.99. The SMILES string of the molecule is CC(=O)NCCC[C@H](NC(=O)[C@@H]1CCC2CCCC[C@H](NC(=O)[C@H](Cc3ccc(OC(C(=O)O)C(=O)O)cc3)N(C)C)C(=O)N21)C(=O)NCc1ccccc1. The Morgan fingerprint density at radius 2 is 1.53 bits per heavy atom. The minimum atomic E-state index is -2.07. The van der Waals surface area contributed by atoms with Crippen LogP contribution in [0.3, 0.4) is 0 Å². The normalized spacial score (nSPS) is 19.3. The molecule has 16 heteroatoms. The molecule has 1 unspecified atom stereocenters. The molecule has 0 saturated carbocycles. The second kappa shape index (κ2) is 20.2. The first-order valence-corrected chi connectivity index (χ1v) is 18.6. The van der Waals surface area contributed by atoms with E-state index in [1.54, 1.807) is 36.0 Å². The molecule has 0 aromatic heterocycles. The molecule has 2 aromatic carbocycles. The van der Waals surface area contributed by atoms with Crippen LogP contribution in [0.2, 0.25) is 0 Å². The third-order valence-electron chi connectivity index (χ3n) is 9.92. The van der Waals surface area contributed by atoms with E-state index in [9.17, 15) is 33.6 Å². The molecule has 298 valence electrons. The van der Waals surface area contributed by atoms with Crippen molar-refractivity contribution in [2.24, 2.45) is 0 Å². The first kappa shape index (κ1) is 42.2. The molecule has 5 amide bonds. The molecule has 2 fully saturated rings. The highest BCUT2D eigenvalue weighted by molar-refractivity contribution is 5.97. The van der Waals surface area contributed by atoms with Gasteiger partial charge in [-0.1, -0.05) is 55.3 Å². The average molecular weight is 765 g/mol. The van der Waals surface area contributed by atoms with Crippen molar-refractivity contribution in [3.05, 3.63) is 65.7 Å². The standard InChI is InChI=1S/C39H52N6O10/c1-24(46)40-21-9-14-29(34(47)41-23-26-10-5-4-6-11-26)42-35(48)31-20-17-27-12-7-8-13-30(37(50)45(27)31)43-36(49)32(44(2)3)22-25-15-18-28(19-16-25)55-33(38(51)52)39(53)54/h4-6,10-11,15-16,18-19,27,29-33H,7-9,12-14,17,20-23H2,1-3H3,(H,40,46)(H,41,47)(H,42,48)(H,43,49)(H,51,52)(H,53,54)/t27?,29-,30-,31-,32-/m0/s1. The number of carboxylic acids is 2. The van der Waals surface area contributed by atoms with Crippen LogP contribution in [-0.4, -0.2) is 118 Å². The fourth-order valence-electron chi connectivity index (χ4n) is 6.99. The van der Waals surface area contributed by atoms with Gasteiger partial charge >= 0.3 is 11.9 Å². The number of nitrogens with one attached hydrogen (secondary N) is 4. The summed E-state index contributed by atoms with van der Waals surface area (Å²) >= 11 is 0. The van der Waals surface area contributed by atoms with Crippen molar-refractivity contribution in [3.63, 3.8) is 0 Å². The Labute approximate surface area is 320 Å². The number of hydrogen-bond donors (Lipinski definition) is 6. The minimum Gasteiger partial charge on any atom is -0.478 e. The Bertz CT molecular complexity index is 1660. The topological polar surface area (TPSA) is 224 Å². The zero-order valence-corrected chi connectivity index (χ0v) is 31.5. The van der Waals surface area contributed by atoms with E-state index in [-0.39, 0.29) is 48.9 Å². The van der Waals surface area contributed by atoms with Crippen LogP contribution in [-0.2, 0) is 46.5 Å². The molecule has 2 saturated heterocycles. The maximum Gasteiger partial charge on any atom is 0.356 e. The Hall–Kier alpha value is -5.51. The summed E-state index contributed by atoms with van der Waals surface area (Å²) in [6.45, 7) is 2.00. The van der Waals surface area contributed by atoms with Gasteiger partial charge in [0.05, 0.1) is 6.04 Å². The van der Waals surface area contributed by atoms with E-state index in [2.05, 4.69) is 21.3 Å². The number of likely N-dealkylation sites (N-methyl/N-ethyl adjacent to an activating group) is 1. The number of rotatable bonds is 18. The molecule has 2 heterocycles. The number of hydrogen-bond acceptors (Lipinski definition) is 9. The van der Waals surface area contributed by atoms with E-state index >= 15 is 0 Å². The largest absolute Gasteiger partial charge is 0.478 e. The van der Waals surface area contributed by atoms with E-state index in [0.29, 0.717) is 50.6 Å². The Morgan fingerprint density at radius 3 is 2.16 bits per heavy atom. The quantitative estimate of drug-likeness (QED) is 0.0935. The van der Waals surface area contributed by atoms with Crippen LogP contribution < -0.4 is 26.0 Å². The summed E-state index contributed by atoms with van der Waals surface area (Å²) in [4.78, 5) is 92.5. The number of carbonyl (C=O) groups excluding carboxylic acids is 5. The summed E-state index contributed by atoms with van der Waals surface area (Å²) in [6.07, 6.45) is 2.48. The lowest BCUT2D eigenvalue weighted by Crippen LogP contribution is -2.59. The predicted molar refractivity (Wildman–Crippen MR) is 200 cm³/mol. The molecular formula is C39H52N6O10. The van der Waals surface area contributed by atoms with E-state index in [0.717, 1.165) is 12.0 Å². The van der Waals surface area contributed by atoms with Crippen molar-refractivity contribution in [3.8, 4) is 5.75 Å². The van der Waals surface area contributed by atoms with E-state index in [1.165, 1.54) is 19.1 Å². The maximum atomic E-state index is 14.3. The number of nitrogens with zero attached hydrogens (tertiary/aromatic N) is 2. The van der Waals surface area contributed by atoms with Gasteiger partial charge in [0.15, 0.2) is 0 Å². The van der Waals surface area contributed by atoms with Crippen LogP contribution in [0.15, 0.2) is 54.6 Å². The Balaban J connectivity index is 1.44. The molecule has 16 nitrogen and oxygen atoms in total. The van der Waals surface area contributed by atoms with Crippen molar-refractivity contribution in [2.45, 2.75) is 108 Å². The molecule has 5 atom stereocenters. The van der Waals surface area contributed by atoms with Gasteiger partial charge in [-0.05, 0) is 82.3 Å². The highest BCUT2D eigenvalue weighted by atomic mass is 16.5. The zero-order chi connectivity index (χ0) is 40.1. The molecule has 55 heavy (non-hydrogen) atoms. The van der Waals surface area contributed by atoms with Crippen molar-refractivity contribution in [1.29, 1.82) is 0 Å². The van der Waals surface area contributed by atoms with Crippen LogP contribution in [0.5, 0.6) is 5.75 Å². The summed E-state index contributed by atoms with van der Waals surface area (Å²) in [5, 5.41) is 29.7. The predicted octanol–water partition coefficient (Wildman–Crippen LogP) is 1.21. The number of aliphatic carboxylic acids is 2. The molecular weight excluding hydrogens is 712 g/mol. The lowest BCUT2D eigenvalue weighted by atomic mass is 9.98. The third kappa shape index (κ3) is 12.3. The molecule has 2 aromatic rings. The fraction of sp³-hybridized carbons (Fsp3) is 0.513. The van der Waals surface area contributed by atoms with Crippen molar-refractivity contribution in [1.82, 2.24) is 31.1 Å². The third-order valence-corrected chi connectivity index (χ3v) is 9.92. The molecule has 0 bridgehead atoms. The lowest BCUT2D eigenvalue weighted by Gasteiger charge is -2.36. The van der Waals surface area contributed by atoms with Gasteiger partial charge in [0.2, 0.25) is 29.5 Å². The Kier molecular flexibility index (Phi) is 15.5. The van der Waals surface area contributed by atoms with E-state index < -0.39 is 54.0 Å². The molecule has 0 aliphatic carbocycles. The van der Waals surface area contributed by atoms with Crippen LogP contribution in [0.25, 0.3) is 0 Å². The lowest BCUT2D eigenvalue weighted by molar-refractivity contribution is -0.159. The van der Waals surface area contributed by atoms with Gasteiger partial charge in [-0.15, -0.1) is 0 Å². The summed E-state index contributed by atoms with van der Waals surface area (Å²) in [7, 11) is 3.46. The number of benzene rings is 2. The zero-order valence-electron chi connectivity index (χ0n) is 31.5.